The molecule has 1 fully saturated rings. The van der Waals surface area contributed by atoms with Crippen LogP contribution in [0.5, 0.6) is 0 Å². The van der Waals surface area contributed by atoms with Gasteiger partial charge in [0.2, 0.25) is 5.95 Å². The smallest absolute Gasteiger partial charge is 0.222 e. The molecule has 1 saturated carbocycles. The molecule has 1 heterocycles. The van der Waals surface area contributed by atoms with Crippen molar-refractivity contribution < 1.29 is 5.11 Å². The molecule has 1 aromatic rings. The number of hydrogen-bond acceptors (Lipinski definition) is 5. The summed E-state index contributed by atoms with van der Waals surface area (Å²) >= 11 is 5.99. The van der Waals surface area contributed by atoms with E-state index in [0.717, 1.165) is 19.4 Å². The summed E-state index contributed by atoms with van der Waals surface area (Å²) in [5.41, 5.74) is 5.52. The van der Waals surface area contributed by atoms with Crippen molar-refractivity contribution in [3.8, 4) is 0 Å². The van der Waals surface area contributed by atoms with E-state index < -0.39 is 0 Å². The second-order valence-corrected chi connectivity index (χ2v) is 4.68. The lowest BCUT2D eigenvalue weighted by Gasteiger charge is -2.34. The normalized spacial score (nSPS) is 23.9. The first-order valence-corrected chi connectivity index (χ1v) is 5.61. The van der Waals surface area contributed by atoms with Gasteiger partial charge in [-0.05, 0) is 18.8 Å². The Morgan fingerprint density at radius 1 is 1.62 bits per heavy atom. The molecule has 0 aromatic carbocycles. The highest BCUT2D eigenvalue weighted by atomic mass is 35.5. The van der Waals surface area contributed by atoms with Crippen LogP contribution in [0.3, 0.4) is 0 Å². The van der Waals surface area contributed by atoms with Crippen molar-refractivity contribution in [1.82, 2.24) is 9.97 Å². The molecule has 0 unspecified atom stereocenters. The Kier molecular flexibility index (Phi) is 3.16. The molecule has 1 aromatic heterocycles. The molecule has 1 aliphatic rings. The average Bonchev–Trinajstić information content (AvgIpc) is 2.19. The second kappa shape index (κ2) is 4.43. The fourth-order valence-electron chi connectivity index (χ4n) is 1.96. The monoisotopic (exact) mass is 242 g/mol. The number of aliphatic hydroxyl groups is 1. The Bertz CT molecular complexity index is 381. The number of nitrogens with zero attached hydrogens (tertiary/aromatic N) is 3. The zero-order valence-electron chi connectivity index (χ0n) is 9.10. The van der Waals surface area contributed by atoms with Crippen molar-refractivity contribution in [3.63, 3.8) is 0 Å². The molecule has 5 nitrogen and oxygen atoms in total. The molecule has 88 valence electrons. The SMILES string of the molecule is CN(CC1CC(O)C1)c1nc(N)ncc1Cl. The predicted octanol–water partition coefficient (Wildman–Crippen LogP) is 0.919. The lowest BCUT2D eigenvalue weighted by Crippen LogP contribution is -2.37. The summed E-state index contributed by atoms with van der Waals surface area (Å²) in [6.45, 7) is 0.827. The summed E-state index contributed by atoms with van der Waals surface area (Å²) in [5.74, 6) is 1.38. The summed E-state index contributed by atoms with van der Waals surface area (Å²) in [4.78, 5) is 9.87. The first-order chi connectivity index (χ1) is 7.56. The molecule has 3 N–H and O–H groups in total. The molecule has 0 atom stereocenters. The van der Waals surface area contributed by atoms with Crippen molar-refractivity contribution in [2.45, 2.75) is 18.9 Å². The fraction of sp³-hybridized carbons (Fsp3) is 0.600. The maximum atomic E-state index is 9.21. The van der Waals surface area contributed by atoms with Gasteiger partial charge >= 0.3 is 0 Å². The third-order valence-corrected chi connectivity index (χ3v) is 3.12. The minimum absolute atomic E-state index is 0.135. The van der Waals surface area contributed by atoms with E-state index in [1.165, 1.54) is 6.20 Å². The third-order valence-electron chi connectivity index (χ3n) is 2.85. The van der Waals surface area contributed by atoms with Crippen molar-refractivity contribution in [2.24, 2.45) is 5.92 Å². The minimum Gasteiger partial charge on any atom is -0.393 e. The summed E-state index contributed by atoms with van der Waals surface area (Å²) < 4.78 is 0. The number of nitrogen functional groups attached to an aromatic ring is 1. The Balaban J connectivity index is 2.02. The third kappa shape index (κ3) is 2.36. The van der Waals surface area contributed by atoms with Gasteiger partial charge < -0.3 is 15.7 Å². The maximum Gasteiger partial charge on any atom is 0.222 e. The van der Waals surface area contributed by atoms with Crippen LogP contribution in [0.25, 0.3) is 0 Å². The van der Waals surface area contributed by atoms with Gasteiger partial charge in [-0.15, -0.1) is 0 Å². The van der Waals surface area contributed by atoms with Gasteiger partial charge in [-0.2, -0.15) is 4.98 Å². The van der Waals surface area contributed by atoms with Gasteiger partial charge in [0, 0.05) is 13.6 Å². The number of rotatable bonds is 3. The number of hydrogen-bond donors (Lipinski definition) is 2. The van der Waals surface area contributed by atoms with E-state index in [4.69, 9.17) is 17.3 Å². The lowest BCUT2D eigenvalue weighted by molar-refractivity contribution is 0.0464. The number of halogens is 1. The first-order valence-electron chi connectivity index (χ1n) is 5.23. The van der Waals surface area contributed by atoms with E-state index in [9.17, 15) is 5.11 Å². The van der Waals surface area contributed by atoms with Crippen LogP contribution >= 0.6 is 11.6 Å². The van der Waals surface area contributed by atoms with Crippen molar-refractivity contribution in [2.75, 3.05) is 24.2 Å². The van der Waals surface area contributed by atoms with Gasteiger partial charge in [-0.1, -0.05) is 11.6 Å². The van der Waals surface area contributed by atoms with Gasteiger partial charge in [-0.3, -0.25) is 0 Å². The van der Waals surface area contributed by atoms with Crippen molar-refractivity contribution in [3.05, 3.63) is 11.2 Å². The molecule has 2 rings (SSSR count). The minimum atomic E-state index is -0.135. The van der Waals surface area contributed by atoms with Gasteiger partial charge in [0.25, 0.3) is 0 Å². The predicted molar refractivity (Wildman–Crippen MR) is 63.5 cm³/mol. The number of anilines is 2. The van der Waals surface area contributed by atoms with Crippen LogP contribution in [0, 0.1) is 5.92 Å². The summed E-state index contributed by atoms with van der Waals surface area (Å²) in [6.07, 6.45) is 3.07. The molecule has 1 aliphatic carbocycles. The Hall–Kier alpha value is -1.07. The molecule has 0 spiro atoms. The van der Waals surface area contributed by atoms with E-state index >= 15 is 0 Å². The van der Waals surface area contributed by atoms with E-state index in [0.29, 0.717) is 16.8 Å². The largest absolute Gasteiger partial charge is 0.393 e. The molecular weight excluding hydrogens is 228 g/mol. The van der Waals surface area contributed by atoms with E-state index in [1.807, 2.05) is 11.9 Å². The van der Waals surface area contributed by atoms with Crippen LogP contribution in [-0.4, -0.2) is 34.8 Å². The van der Waals surface area contributed by atoms with Gasteiger partial charge in [0.1, 0.15) is 5.02 Å². The quantitative estimate of drug-likeness (QED) is 0.825. The molecule has 16 heavy (non-hydrogen) atoms. The molecule has 0 radical (unpaired) electrons. The lowest BCUT2D eigenvalue weighted by atomic mass is 9.82. The van der Waals surface area contributed by atoms with E-state index in [-0.39, 0.29) is 12.1 Å². The van der Waals surface area contributed by atoms with E-state index in [1.54, 1.807) is 0 Å². The summed E-state index contributed by atoms with van der Waals surface area (Å²) in [7, 11) is 1.92. The van der Waals surface area contributed by atoms with Crippen LogP contribution in [0.4, 0.5) is 11.8 Å². The standard InChI is InChI=1S/C10H15ClN4O/c1-15(5-6-2-7(16)3-6)9-8(11)4-13-10(12)14-9/h4,6-7,16H,2-3,5H2,1H3,(H2,12,13,14). The van der Waals surface area contributed by atoms with E-state index in [2.05, 4.69) is 9.97 Å². The highest BCUT2D eigenvalue weighted by Crippen LogP contribution is 2.30. The first kappa shape index (κ1) is 11.4. The summed E-state index contributed by atoms with van der Waals surface area (Å²) in [5, 5.41) is 9.71. The molecule has 0 bridgehead atoms. The Morgan fingerprint density at radius 3 is 2.94 bits per heavy atom. The molecule has 0 saturated heterocycles. The van der Waals surface area contributed by atoms with Crippen molar-refractivity contribution >= 4 is 23.4 Å². The van der Waals surface area contributed by atoms with Gasteiger partial charge in [0.05, 0.1) is 12.3 Å². The molecule has 0 aliphatic heterocycles. The van der Waals surface area contributed by atoms with Crippen LogP contribution in [0.1, 0.15) is 12.8 Å². The Labute approximate surface area is 99.3 Å². The average molecular weight is 243 g/mol. The maximum absolute atomic E-state index is 9.21. The zero-order chi connectivity index (χ0) is 11.7. The fourth-order valence-corrected chi connectivity index (χ4v) is 2.20. The molecule has 0 amide bonds. The number of aromatic nitrogens is 2. The second-order valence-electron chi connectivity index (χ2n) is 4.27. The van der Waals surface area contributed by atoms with Crippen LogP contribution in [-0.2, 0) is 0 Å². The topological polar surface area (TPSA) is 75.3 Å². The highest BCUT2D eigenvalue weighted by molar-refractivity contribution is 6.32. The highest BCUT2D eigenvalue weighted by Gasteiger charge is 2.28. The molecule has 6 heteroatoms. The van der Waals surface area contributed by atoms with Crippen LogP contribution in [0.2, 0.25) is 5.02 Å². The number of aliphatic hydroxyl groups excluding tert-OH is 1. The van der Waals surface area contributed by atoms with Gasteiger partial charge in [0.15, 0.2) is 5.82 Å². The summed E-state index contributed by atoms with van der Waals surface area (Å²) in [6, 6.07) is 0. The van der Waals surface area contributed by atoms with Crippen LogP contribution in [0.15, 0.2) is 6.20 Å². The number of nitrogens with two attached hydrogens (primary N) is 1. The van der Waals surface area contributed by atoms with Crippen LogP contribution < -0.4 is 10.6 Å². The Morgan fingerprint density at radius 2 is 2.31 bits per heavy atom. The zero-order valence-corrected chi connectivity index (χ0v) is 9.85. The van der Waals surface area contributed by atoms with Crippen molar-refractivity contribution in [1.29, 1.82) is 0 Å². The van der Waals surface area contributed by atoms with Gasteiger partial charge in [-0.25, -0.2) is 4.98 Å². The molecular formula is C10H15ClN4O.